The van der Waals surface area contributed by atoms with Gasteiger partial charge in [0.15, 0.2) is 0 Å². The van der Waals surface area contributed by atoms with Crippen LogP contribution in [0, 0.1) is 0 Å². The van der Waals surface area contributed by atoms with Crippen LogP contribution in [0.3, 0.4) is 0 Å². The largest absolute Gasteiger partial charge is 0.416 e. The molecule has 0 aliphatic carbocycles. The van der Waals surface area contributed by atoms with E-state index in [0.717, 1.165) is 9.80 Å². The number of rotatable bonds is 14. The Morgan fingerprint density at radius 1 is 0.514 bits per heavy atom. The highest BCUT2D eigenvalue weighted by Crippen LogP contribution is 2.25. The van der Waals surface area contributed by atoms with Gasteiger partial charge >= 0.3 is 34.2 Å². The van der Waals surface area contributed by atoms with Crippen LogP contribution in [0.25, 0.3) is 0 Å². The Balaban J connectivity index is 1.82. The van der Waals surface area contributed by atoms with Crippen LogP contribution in [-0.4, -0.2) is 94.0 Å². The molecule has 2 rings (SSSR count). The van der Waals surface area contributed by atoms with Gasteiger partial charge in [-0.15, -0.1) is 0 Å². The molecule has 0 saturated heterocycles. The van der Waals surface area contributed by atoms with Crippen molar-refractivity contribution in [3.05, 3.63) is 24.3 Å². The molecular weight excluding hydrogens is 525 g/mol. The predicted octanol–water partition coefficient (Wildman–Crippen LogP) is 1.73. The topological polar surface area (TPSA) is 121 Å². The van der Waals surface area contributed by atoms with Gasteiger partial charge in [0, 0.05) is 24.3 Å². The average Bonchev–Trinajstić information content (AvgIpc) is 3.14. The summed E-state index contributed by atoms with van der Waals surface area (Å²) in [5.74, 6) is -1.37. The Bertz CT molecular complexity index is 810. The first kappa shape index (κ1) is 29.7. The normalized spacial score (nSPS) is 17.5. The van der Waals surface area contributed by atoms with E-state index in [0.29, 0.717) is 0 Å². The zero-order chi connectivity index (χ0) is 26.7. The van der Waals surface area contributed by atoms with Crippen molar-refractivity contribution in [2.24, 2.45) is 0 Å². The first-order chi connectivity index (χ1) is 15.9. The minimum atomic E-state index is -2.68. The van der Waals surface area contributed by atoms with Crippen LogP contribution in [0.2, 0.25) is 52.4 Å². The number of imide groups is 2. The number of hydrogen-bond donors (Lipinski definition) is 0. The Hall–Kier alpha value is -1.57. The highest BCUT2D eigenvalue weighted by Gasteiger charge is 2.45. The molecule has 2 aliphatic heterocycles. The molecule has 15 heteroatoms. The quantitative estimate of drug-likeness (QED) is 0.231. The molecule has 0 aromatic carbocycles. The van der Waals surface area contributed by atoms with Crippen LogP contribution >= 0.6 is 0 Å². The van der Waals surface area contributed by atoms with Crippen LogP contribution in [0.5, 0.6) is 0 Å². The molecule has 0 atom stereocenters. The second kappa shape index (κ2) is 11.2. The Morgan fingerprint density at radius 2 is 0.771 bits per heavy atom. The number of amides is 4. The van der Waals surface area contributed by atoms with Gasteiger partial charge in [-0.2, -0.15) is 0 Å². The van der Waals surface area contributed by atoms with Gasteiger partial charge in [0.25, 0.3) is 23.6 Å². The molecular formula is C20H36N2O9Si4. The average molecular weight is 561 g/mol. The Kier molecular flexibility index (Phi) is 9.51. The summed E-state index contributed by atoms with van der Waals surface area (Å²) in [6.07, 6.45) is 4.98. The Labute approximate surface area is 211 Å². The van der Waals surface area contributed by atoms with Gasteiger partial charge in [-0.05, 0) is 52.4 Å². The third-order valence-corrected chi connectivity index (χ3v) is 18.4. The summed E-state index contributed by atoms with van der Waals surface area (Å²) in [5.41, 5.74) is 0. The molecule has 0 radical (unpaired) electrons. The second-order valence-corrected chi connectivity index (χ2v) is 24.2. The fraction of sp³-hybridized carbons (Fsp3) is 0.600. The summed E-state index contributed by atoms with van der Waals surface area (Å²) < 4.78 is 31.0. The molecule has 2 heterocycles. The van der Waals surface area contributed by atoms with Gasteiger partial charge in [0.1, 0.15) is 0 Å². The summed E-state index contributed by atoms with van der Waals surface area (Å²) in [7, 11) is -10.6. The minimum Gasteiger partial charge on any atom is -0.416 e. The summed E-state index contributed by atoms with van der Waals surface area (Å²) in [6.45, 7) is 16.0. The van der Waals surface area contributed by atoms with E-state index in [1.807, 2.05) is 52.4 Å². The number of carbonyl (C=O) groups excluding carboxylic acids is 4. The van der Waals surface area contributed by atoms with Gasteiger partial charge in [0.2, 0.25) is 0 Å². The standard InChI is InChI=1S/C20H36N2O9Si4/c1-32(2,27-15-13-21-17(23)9-10-18(21)24)29-34(5,6)31-35(7,8)30-33(3,4)28-16-14-22-19(25)11-12-20(22)26/h9-12H,13-16H2,1-8H3. The van der Waals surface area contributed by atoms with Crippen LogP contribution in [0.1, 0.15) is 0 Å². The van der Waals surface area contributed by atoms with Gasteiger partial charge in [-0.3, -0.25) is 29.0 Å². The zero-order valence-corrected chi connectivity index (χ0v) is 25.7. The molecule has 0 N–H and O–H groups in total. The molecule has 0 fully saturated rings. The van der Waals surface area contributed by atoms with E-state index in [1.54, 1.807) is 0 Å². The number of hydrogen-bond acceptors (Lipinski definition) is 9. The van der Waals surface area contributed by atoms with E-state index < -0.39 is 34.2 Å². The summed E-state index contributed by atoms with van der Waals surface area (Å²) in [6, 6.07) is 0. The summed E-state index contributed by atoms with van der Waals surface area (Å²) in [4.78, 5) is 49.0. The van der Waals surface area contributed by atoms with Gasteiger partial charge in [-0.1, -0.05) is 0 Å². The maximum Gasteiger partial charge on any atom is 0.322 e. The minimum absolute atomic E-state index is 0.165. The van der Waals surface area contributed by atoms with Crippen molar-refractivity contribution in [1.29, 1.82) is 0 Å². The van der Waals surface area contributed by atoms with E-state index in [1.165, 1.54) is 24.3 Å². The van der Waals surface area contributed by atoms with Gasteiger partial charge < -0.3 is 21.2 Å². The molecule has 0 aromatic heterocycles. The maximum absolute atomic E-state index is 11.7. The van der Waals surface area contributed by atoms with Crippen LogP contribution < -0.4 is 0 Å². The van der Waals surface area contributed by atoms with Crippen molar-refractivity contribution < 1.29 is 40.4 Å². The van der Waals surface area contributed by atoms with Crippen LogP contribution in [0.15, 0.2) is 24.3 Å². The third kappa shape index (κ3) is 9.43. The number of nitrogens with zero attached hydrogens (tertiary/aromatic N) is 2. The highest BCUT2D eigenvalue weighted by atomic mass is 28.5. The second-order valence-electron chi connectivity index (χ2n) is 9.93. The molecule has 2 aliphatic rings. The fourth-order valence-corrected chi connectivity index (χ4v) is 20.9. The van der Waals surface area contributed by atoms with Gasteiger partial charge in [-0.25, -0.2) is 0 Å². The Morgan fingerprint density at radius 3 is 1.06 bits per heavy atom. The lowest BCUT2D eigenvalue weighted by Crippen LogP contribution is -2.57. The van der Waals surface area contributed by atoms with Crippen LogP contribution in [0.4, 0.5) is 0 Å². The lowest BCUT2D eigenvalue weighted by Gasteiger charge is -2.40. The van der Waals surface area contributed by atoms with E-state index in [-0.39, 0.29) is 49.9 Å². The van der Waals surface area contributed by atoms with Crippen LogP contribution in [-0.2, 0) is 40.4 Å². The summed E-state index contributed by atoms with van der Waals surface area (Å²) in [5, 5.41) is 0. The molecule has 0 spiro atoms. The molecule has 0 unspecified atom stereocenters. The third-order valence-electron chi connectivity index (χ3n) is 4.80. The van der Waals surface area contributed by atoms with Crippen molar-refractivity contribution >= 4 is 57.9 Å². The van der Waals surface area contributed by atoms with E-state index >= 15 is 0 Å². The van der Waals surface area contributed by atoms with Crippen molar-refractivity contribution in [3.8, 4) is 0 Å². The molecule has 11 nitrogen and oxygen atoms in total. The molecule has 196 valence electrons. The predicted molar refractivity (Wildman–Crippen MR) is 137 cm³/mol. The SMILES string of the molecule is C[Si](C)(OCCN1C(=O)C=CC1=O)O[Si](C)(C)O[Si](C)(C)O[Si](C)(C)OCCN1C(=O)C=CC1=O. The first-order valence-corrected chi connectivity index (χ1v) is 22.6. The van der Waals surface area contributed by atoms with Crippen molar-refractivity contribution in [1.82, 2.24) is 9.80 Å². The van der Waals surface area contributed by atoms with Gasteiger partial charge in [0.05, 0.1) is 26.3 Å². The fourth-order valence-electron chi connectivity index (χ4n) is 3.94. The number of carbonyl (C=O) groups is 4. The zero-order valence-electron chi connectivity index (χ0n) is 21.7. The lowest BCUT2D eigenvalue weighted by molar-refractivity contribution is -0.138. The smallest absolute Gasteiger partial charge is 0.322 e. The lowest BCUT2D eigenvalue weighted by atomic mass is 10.5. The van der Waals surface area contributed by atoms with E-state index in [4.69, 9.17) is 21.2 Å². The van der Waals surface area contributed by atoms with Crippen molar-refractivity contribution in [3.63, 3.8) is 0 Å². The maximum atomic E-state index is 11.7. The molecule has 0 aromatic rings. The molecule has 35 heavy (non-hydrogen) atoms. The molecule has 0 bridgehead atoms. The molecule has 4 amide bonds. The monoisotopic (exact) mass is 560 g/mol. The van der Waals surface area contributed by atoms with Crippen molar-refractivity contribution in [2.45, 2.75) is 52.4 Å². The van der Waals surface area contributed by atoms with Crippen molar-refractivity contribution in [2.75, 3.05) is 26.3 Å². The summed E-state index contributed by atoms with van der Waals surface area (Å²) >= 11 is 0. The van der Waals surface area contributed by atoms with E-state index in [2.05, 4.69) is 0 Å². The highest BCUT2D eigenvalue weighted by molar-refractivity contribution is 6.87. The first-order valence-electron chi connectivity index (χ1n) is 11.4. The molecule has 0 saturated carbocycles. The van der Waals surface area contributed by atoms with E-state index in [9.17, 15) is 19.2 Å².